The molecule has 1 aromatic rings. The number of nitro benzene ring substituents is 1. The fourth-order valence-electron chi connectivity index (χ4n) is 3.45. The Morgan fingerprint density at radius 2 is 2.04 bits per heavy atom. The lowest BCUT2D eigenvalue weighted by Gasteiger charge is -2.19. The van der Waals surface area contributed by atoms with Gasteiger partial charge in [-0.1, -0.05) is 0 Å². The van der Waals surface area contributed by atoms with Gasteiger partial charge in [-0.05, 0) is 31.4 Å². The average Bonchev–Trinajstić information content (AvgIpc) is 3.19. The van der Waals surface area contributed by atoms with Crippen LogP contribution in [0.25, 0.3) is 0 Å². The van der Waals surface area contributed by atoms with Gasteiger partial charge in [0, 0.05) is 17.9 Å². The zero-order chi connectivity index (χ0) is 16.8. The van der Waals surface area contributed by atoms with E-state index >= 15 is 0 Å². The number of carbonyl (C=O) groups is 2. The van der Waals surface area contributed by atoms with Gasteiger partial charge in [0.15, 0.2) is 11.5 Å². The van der Waals surface area contributed by atoms with E-state index in [4.69, 9.17) is 14.2 Å². The SMILES string of the molecule is O=C(OC1=CC(=O)C2CCC1C2)c1ccc2c(c1[N+](=O)[O-])OCO2. The molecule has 1 saturated carbocycles. The predicted octanol–water partition coefficient (Wildman–Crippen LogP) is 2.36. The van der Waals surface area contributed by atoms with Gasteiger partial charge in [-0.2, -0.15) is 0 Å². The molecule has 4 rings (SSSR count). The molecule has 8 heteroatoms. The summed E-state index contributed by atoms with van der Waals surface area (Å²) >= 11 is 0. The number of rotatable bonds is 3. The van der Waals surface area contributed by atoms with Gasteiger partial charge in [-0.3, -0.25) is 14.9 Å². The first-order chi connectivity index (χ1) is 11.5. The van der Waals surface area contributed by atoms with Crippen LogP contribution in [0.3, 0.4) is 0 Å². The van der Waals surface area contributed by atoms with Crippen molar-refractivity contribution >= 4 is 17.4 Å². The molecule has 0 aromatic heterocycles. The second kappa shape index (κ2) is 5.33. The van der Waals surface area contributed by atoms with E-state index in [9.17, 15) is 19.7 Å². The van der Waals surface area contributed by atoms with E-state index in [1.807, 2.05) is 0 Å². The second-order valence-corrected chi connectivity index (χ2v) is 6.00. The average molecular weight is 331 g/mol. The van der Waals surface area contributed by atoms with Gasteiger partial charge < -0.3 is 14.2 Å². The topological polar surface area (TPSA) is 105 Å². The summed E-state index contributed by atoms with van der Waals surface area (Å²) < 4.78 is 15.5. The molecule has 0 saturated heterocycles. The highest BCUT2D eigenvalue weighted by atomic mass is 16.7. The van der Waals surface area contributed by atoms with E-state index in [1.54, 1.807) is 0 Å². The van der Waals surface area contributed by atoms with Crippen molar-refractivity contribution in [2.45, 2.75) is 19.3 Å². The predicted molar refractivity (Wildman–Crippen MR) is 78.6 cm³/mol. The van der Waals surface area contributed by atoms with Crippen LogP contribution < -0.4 is 9.47 Å². The van der Waals surface area contributed by atoms with Crippen molar-refractivity contribution in [3.05, 3.63) is 39.6 Å². The molecule has 2 aliphatic carbocycles. The molecule has 0 radical (unpaired) electrons. The molecule has 0 amide bonds. The molecule has 2 atom stereocenters. The lowest BCUT2D eigenvalue weighted by Crippen LogP contribution is -2.19. The van der Waals surface area contributed by atoms with Crippen molar-refractivity contribution in [3.63, 3.8) is 0 Å². The molecule has 1 aromatic carbocycles. The van der Waals surface area contributed by atoms with Gasteiger partial charge in [-0.25, -0.2) is 4.79 Å². The summed E-state index contributed by atoms with van der Waals surface area (Å²) in [5.74, 6) is -0.461. The number of fused-ring (bicyclic) bond motifs is 3. The van der Waals surface area contributed by atoms with Gasteiger partial charge in [0.05, 0.1) is 4.92 Å². The second-order valence-electron chi connectivity index (χ2n) is 6.00. The number of allylic oxidation sites excluding steroid dienone is 2. The van der Waals surface area contributed by atoms with Gasteiger partial charge in [0.25, 0.3) is 0 Å². The highest BCUT2D eigenvalue weighted by Gasteiger charge is 2.39. The fourth-order valence-corrected chi connectivity index (χ4v) is 3.45. The van der Waals surface area contributed by atoms with Crippen LogP contribution in [-0.4, -0.2) is 23.5 Å². The minimum atomic E-state index is -0.871. The number of nitro groups is 1. The van der Waals surface area contributed by atoms with Gasteiger partial charge in [-0.15, -0.1) is 0 Å². The number of carbonyl (C=O) groups excluding carboxylic acids is 2. The molecule has 1 aliphatic heterocycles. The van der Waals surface area contributed by atoms with Crippen LogP contribution in [0.5, 0.6) is 11.5 Å². The molecule has 2 bridgehead atoms. The molecule has 3 aliphatic rings. The summed E-state index contributed by atoms with van der Waals surface area (Å²) in [6.45, 7) is -0.141. The Labute approximate surface area is 136 Å². The Morgan fingerprint density at radius 1 is 1.25 bits per heavy atom. The molecule has 124 valence electrons. The third kappa shape index (κ3) is 2.22. The third-order valence-electron chi connectivity index (χ3n) is 4.65. The van der Waals surface area contributed by atoms with Crippen molar-refractivity contribution in [2.75, 3.05) is 6.79 Å². The van der Waals surface area contributed by atoms with E-state index in [2.05, 4.69) is 0 Å². The van der Waals surface area contributed by atoms with E-state index < -0.39 is 16.6 Å². The minimum absolute atomic E-state index is 0.0114. The van der Waals surface area contributed by atoms with Crippen molar-refractivity contribution < 1.29 is 28.7 Å². The normalized spacial score (nSPS) is 23.8. The number of esters is 1. The first-order valence-corrected chi connectivity index (χ1v) is 7.59. The van der Waals surface area contributed by atoms with Gasteiger partial charge in [0.1, 0.15) is 11.3 Å². The Hall–Kier alpha value is -2.90. The van der Waals surface area contributed by atoms with Crippen LogP contribution in [0.2, 0.25) is 0 Å². The quantitative estimate of drug-likeness (QED) is 0.475. The highest BCUT2D eigenvalue weighted by Crippen LogP contribution is 2.44. The Morgan fingerprint density at radius 3 is 2.83 bits per heavy atom. The fraction of sp³-hybridized carbons (Fsp3) is 0.375. The maximum Gasteiger partial charge on any atom is 0.350 e. The van der Waals surface area contributed by atoms with Crippen molar-refractivity contribution in [1.29, 1.82) is 0 Å². The molecule has 2 unspecified atom stereocenters. The summed E-state index contributed by atoms with van der Waals surface area (Å²) in [5.41, 5.74) is -0.709. The number of hydrogen-bond donors (Lipinski definition) is 0. The molecule has 24 heavy (non-hydrogen) atoms. The number of hydrogen-bond acceptors (Lipinski definition) is 7. The van der Waals surface area contributed by atoms with Crippen LogP contribution >= 0.6 is 0 Å². The van der Waals surface area contributed by atoms with Gasteiger partial charge in [0.2, 0.25) is 12.5 Å². The first-order valence-electron chi connectivity index (χ1n) is 7.59. The monoisotopic (exact) mass is 331 g/mol. The van der Waals surface area contributed by atoms with Crippen LogP contribution in [0.1, 0.15) is 29.6 Å². The largest absolute Gasteiger partial charge is 0.453 e. The summed E-state index contributed by atoms with van der Waals surface area (Å²) in [6.07, 6.45) is 3.58. The molecule has 1 heterocycles. The Balaban J connectivity index is 1.66. The molecule has 0 spiro atoms. The molecule has 0 N–H and O–H groups in total. The highest BCUT2D eigenvalue weighted by molar-refractivity contribution is 5.98. The van der Waals surface area contributed by atoms with E-state index in [0.717, 1.165) is 12.8 Å². The molecular weight excluding hydrogens is 318 g/mol. The Kier molecular flexibility index (Phi) is 3.26. The number of ether oxygens (including phenoxy) is 3. The van der Waals surface area contributed by atoms with E-state index in [1.165, 1.54) is 18.2 Å². The Bertz CT molecular complexity index is 798. The maximum atomic E-state index is 12.4. The van der Waals surface area contributed by atoms with Crippen LogP contribution in [0.4, 0.5) is 5.69 Å². The molecular formula is C16H13NO7. The van der Waals surface area contributed by atoms with Crippen LogP contribution in [0, 0.1) is 22.0 Å². The summed E-state index contributed by atoms with van der Waals surface area (Å²) in [4.78, 5) is 35.0. The zero-order valence-electron chi connectivity index (χ0n) is 12.5. The zero-order valence-corrected chi connectivity index (χ0v) is 12.5. The number of ketones is 1. The van der Waals surface area contributed by atoms with Crippen molar-refractivity contribution in [3.8, 4) is 11.5 Å². The maximum absolute atomic E-state index is 12.4. The van der Waals surface area contributed by atoms with Crippen LogP contribution in [0.15, 0.2) is 24.0 Å². The lowest BCUT2D eigenvalue weighted by molar-refractivity contribution is -0.386. The van der Waals surface area contributed by atoms with E-state index in [0.29, 0.717) is 12.2 Å². The van der Waals surface area contributed by atoms with Crippen molar-refractivity contribution in [1.82, 2.24) is 0 Å². The summed E-state index contributed by atoms with van der Waals surface area (Å²) in [6, 6.07) is 2.70. The molecule has 1 fully saturated rings. The molecule has 8 nitrogen and oxygen atoms in total. The number of nitrogens with zero attached hydrogens (tertiary/aromatic N) is 1. The van der Waals surface area contributed by atoms with Crippen LogP contribution in [-0.2, 0) is 9.53 Å². The minimum Gasteiger partial charge on any atom is -0.453 e. The summed E-state index contributed by atoms with van der Waals surface area (Å²) in [7, 11) is 0. The van der Waals surface area contributed by atoms with E-state index in [-0.39, 0.29) is 41.5 Å². The standard InChI is InChI=1S/C16H13NO7/c18-11-6-13(9-2-1-8(11)5-9)24-16(19)10-3-4-12-15(23-7-22-12)14(10)17(20)21/h3-4,6,8-9H,1-2,5,7H2. The number of benzene rings is 1. The van der Waals surface area contributed by atoms with Crippen molar-refractivity contribution in [2.24, 2.45) is 11.8 Å². The van der Waals surface area contributed by atoms with Gasteiger partial charge >= 0.3 is 11.7 Å². The first kappa shape index (κ1) is 14.7. The smallest absolute Gasteiger partial charge is 0.350 e. The summed E-state index contributed by atoms with van der Waals surface area (Å²) in [5, 5.41) is 11.4. The third-order valence-corrected chi connectivity index (χ3v) is 4.65. The lowest BCUT2D eigenvalue weighted by atomic mass is 9.93.